The van der Waals surface area contributed by atoms with Crippen molar-refractivity contribution in [3.8, 4) is 17.0 Å². The molecule has 3 N–H and O–H groups in total. The van der Waals surface area contributed by atoms with Crippen LogP contribution >= 0.6 is 11.3 Å². The maximum atomic E-state index is 12.1. The molecule has 0 saturated heterocycles. The molecule has 2 rings (SSSR count). The van der Waals surface area contributed by atoms with Crippen molar-refractivity contribution in [1.82, 2.24) is 4.98 Å². The molecule has 5 nitrogen and oxygen atoms in total. The molecule has 0 aliphatic carbocycles. The van der Waals surface area contributed by atoms with Crippen LogP contribution in [-0.2, 0) is 4.79 Å². The molecular weight excluding hydrogens is 312 g/mol. The average Bonchev–Trinajstić information content (AvgIpc) is 2.80. The number of carbonyl (C=O) groups excluding carboxylic acids is 1. The van der Waals surface area contributed by atoms with Crippen molar-refractivity contribution in [2.24, 2.45) is 5.73 Å². The van der Waals surface area contributed by atoms with Gasteiger partial charge in [0, 0.05) is 23.4 Å². The van der Waals surface area contributed by atoms with Crippen LogP contribution in [0.3, 0.4) is 0 Å². The molecule has 0 spiro atoms. The molecule has 0 saturated carbocycles. The van der Waals surface area contributed by atoms with E-state index in [1.807, 2.05) is 6.92 Å². The van der Waals surface area contributed by atoms with Crippen molar-refractivity contribution in [3.63, 3.8) is 0 Å². The fraction of sp³-hybridized carbons (Fsp3) is 0.286. The van der Waals surface area contributed by atoms with Crippen LogP contribution in [0.2, 0.25) is 0 Å². The molecule has 0 atom stereocenters. The Hall–Kier alpha value is -2.06. The zero-order valence-corrected chi connectivity index (χ0v) is 12.6. The number of benzene rings is 1. The molecule has 0 aliphatic heterocycles. The van der Waals surface area contributed by atoms with E-state index in [1.165, 1.54) is 23.5 Å². The van der Waals surface area contributed by atoms with Gasteiger partial charge in [-0.15, -0.1) is 11.3 Å². The first-order valence-electron chi connectivity index (χ1n) is 6.52. The van der Waals surface area contributed by atoms with E-state index in [4.69, 9.17) is 5.73 Å². The van der Waals surface area contributed by atoms with Gasteiger partial charge in [-0.05, 0) is 31.2 Å². The fourth-order valence-corrected chi connectivity index (χ4v) is 2.68. The Labute approximate surface area is 130 Å². The number of alkyl halides is 2. The molecule has 1 amide bonds. The minimum Gasteiger partial charge on any atom is -0.435 e. The molecule has 1 aromatic heterocycles. The predicted octanol–water partition coefficient (Wildman–Crippen LogP) is 3.01. The van der Waals surface area contributed by atoms with Gasteiger partial charge in [-0.25, -0.2) is 4.98 Å². The van der Waals surface area contributed by atoms with Gasteiger partial charge < -0.3 is 15.8 Å². The van der Waals surface area contributed by atoms with E-state index >= 15 is 0 Å². The van der Waals surface area contributed by atoms with Crippen molar-refractivity contribution >= 4 is 22.4 Å². The summed E-state index contributed by atoms with van der Waals surface area (Å²) in [5, 5.41) is 3.16. The van der Waals surface area contributed by atoms with Crippen LogP contribution in [-0.4, -0.2) is 24.0 Å². The Morgan fingerprint density at radius 1 is 1.41 bits per heavy atom. The first kappa shape index (κ1) is 16.3. The summed E-state index contributed by atoms with van der Waals surface area (Å²) in [7, 11) is 0. The first-order valence-corrected chi connectivity index (χ1v) is 7.34. The van der Waals surface area contributed by atoms with Gasteiger partial charge in [-0.2, -0.15) is 8.78 Å². The summed E-state index contributed by atoms with van der Waals surface area (Å²) in [6.07, 6.45) is 0.230. The molecule has 0 fully saturated rings. The Balaban J connectivity index is 2.15. The van der Waals surface area contributed by atoms with E-state index in [2.05, 4.69) is 15.0 Å². The lowest BCUT2D eigenvalue weighted by molar-refractivity contribution is -0.116. The van der Waals surface area contributed by atoms with E-state index < -0.39 is 6.61 Å². The maximum absolute atomic E-state index is 12.1. The van der Waals surface area contributed by atoms with Crippen molar-refractivity contribution in [2.45, 2.75) is 20.0 Å². The largest absolute Gasteiger partial charge is 0.435 e. The number of nitrogens with two attached hydrogens (primary N) is 1. The number of hydrogen-bond acceptors (Lipinski definition) is 5. The number of halogens is 2. The van der Waals surface area contributed by atoms with Gasteiger partial charge >= 0.3 is 6.61 Å². The zero-order chi connectivity index (χ0) is 16.1. The third-order valence-corrected chi connectivity index (χ3v) is 3.65. The number of aryl methyl sites for hydroxylation is 1. The number of nitrogens with zero attached hydrogens (tertiary/aromatic N) is 1. The molecule has 1 aromatic carbocycles. The Morgan fingerprint density at radius 3 is 2.68 bits per heavy atom. The normalized spacial score (nSPS) is 10.8. The highest BCUT2D eigenvalue weighted by Gasteiger charge is 2.12. The van der Waals surface area contributed by atoms with Gasteiger partial charge in [0.05, 0.1) is 5.69 Å². The number of hydrogen-bond donors (Lipinski definition) is 2. The summed E-state index contributed by atoms with van der Waals surface area (Å²) in [6, 6.07) is 6.19. The minimum absolute atomic E-state index is 0.0862. The smallest absolute Gasteiger partial charge is 0.387 e. The van der Waals surface area contributed by atoms with Crippen LogP contribution in [0, 0.1) is 6.92 Å². The second-order valence-corrected chi connectivity index (χ2v) is 5.62. The SMILES string of the molecule is Cc1sc(NC(=O)CCN)nc1-c1ccc(OC(F)F)cc1. The lowest BCUT2D eigenvalue weighted by atomic mass is 10.1. The fourth-order valence-electron chi connectivity index (χ4n) is 1.82. The van der Waals surface area contributed by atoms with Crippen LogP contribution in [0.4, 0.5) is 13.9 Å². The number of anilines is 1. The Kier molecular flexibility index (Phi) is 5.40. The molecule has 0 aliphatic rings. The van der Waals surface area contributed by atoms with Gasteiger partial charge in [0.25, 0.3) is 0 Å². The number of thiazole rings is 1. The van der Waals surface area contributed by atoms with Crippen LogP contribution in [0.5, 0.6) is 5.75 Å². The standard InChI is InChI=1S/C14H15F2N3O2S/c1-8-12(19-14(22-8)18-11(20)6-7-17)9-2-4-10(5-3-9)21-13(15)16/h2-5,13H,6-7,17H2,1H3,(H,18,19,20). The summed E-state index contributed by atoms with van der Waals surface area (Å²) in [5.41, 5.74) is 6.77. The number of ether oxygens (including phenoxy) is 1. The average molecular weight is 327 g/mol. The van der Waals surface area contributed by atoms with Gasteiger partial charge in [0.15, 0.2) is 5.13 Å². The summed E-state index contributed by atoms with van der Waals surface area (Å²) < 4.78 is 28.5. The lowest BCUT2D eigenvalue weighted by Crippen LogP contribution is -2.15. The third kappa shape index (κ3) is 4.22. The van der Waals surface area contributed by atoms with Crippen LogP contribution in [0.1, 0.15) is 11.3 Å². The number of rotatable bonds is 6. The monoisotopic (exact) mass is 327 g/mol. The zero-order valence-electron chi connectivity index (χ0n) is 11.8. The van der Waals surface area contributed by atoms with E-state index in [9.17, 15) is 13.6 Å². The van der Waals surface area contributed by atoms with Gasteiger partial charge in [0.1, 0.15) is 5.75 Å². The summed E-state index contributed by atoms with van der Waals surface area (Å²) in [4.78, 5) is 16.8. The molecule has 0 bridgehead atoms. The Morgan fingerprint density at radius 2 is 2.09 bits per heavy atom. The number of nitrogens with one attached hydrogen (secondary N) is 1. The van der Waals surface area contributed by atoms with Crippen molar-refractivity contribution < 1.29 is 18.3 Å². The minimum atomic E-state index is -2.85. The molecular formula is C14H15F2N3O2S. The van der Waals surface area contributed by atoms with Crippen LogP contribution in [0.25, 0.3) is 11.3 Å². The molecule has 2 aromatic rings. The van der Waals surface area contributed by atoms with E-state index in [-0.39, 0.29) is 24.6 Å². The van der Waals surface area contributed by atoms with Crippen LogP contribution in [0.15, 0.2) is 24.3 Å². The van der Waals surface area contributed by atoms with Gasteiger partial charge in [-0.1, -0.05) is 0 Å². The summed E-state index contributed by atoms with van der Waals surface area (Å²) >= 11 is 1.34. The maximum Gasteiger partial charge on any atom is 0.387 e. The van der Waals surface area contributed by atoms with E-state index in [1.54, 1.807) is 12.1 Å². The topological polar surface area (TPSA) is 77.2 Å². The van der Waals surface area contributed by atoms with Gasteiger partial charge in [-0.3, -0.25) is 4.79 Å². The molecule has 0 unspecified atom stereocenters. The van der Waals surface area contributed by atoms with E-state index in [0.717, 1.165) is 10.4 Å². The highest BCUT2D eigenvalue weighted by molar-refractivity contribution is 7.16. The lowest BCUT2D eigenvalue weighted by Gasteiger charge is -2.05. The highest BCUT2D eigenvalue weighted by Crippen LogP contribution is 2.31. The van der Waals surface area contributed by atoms with Crippen molar-refractivity contribution in [3.05, 3.63) is 29.1 Å². The van der Waals surface area contributed by atoms with Crippen molar-refractivity contribution in [2.75, 3.05) is 11.9 Å². The van der Waals surface area contributed by atoms with E-state index in [0.29, 0.717) is 10.8 Å². The molecule has 8 heteroatoms. The first-order chi connectivity index (χ1) is 10.5. The summed E-state index contributed by atoms with van der Waals surface area (Å²) in [5.74, 6) is -0.105. The molecule has 118 valence electrons. The number of aromatic nitrogens is 1. The van der Waals surface area contributed by atoms with Crippen LogP contribution < -0.4 is 15.8 Å². The molecule has 0 radical (unpaired) electrons. The quantitative estimate of drug-likeness (QED) is 0.855. The number of carbonyl (C=O) groups is 1. The summed E-state index contributed by atoms with van der Waals surface area (Å²) in [6.45, 7) is -0.708. The van der Waals surface area contributed by atoms with Crippen molar-refractivity contribution in [1.29, 1.82) is 0 Å². The van der Waals surface area contributed by atoms with Gasteiger partial charge in [0.2, 0.25) is 5.91 Å². The molecule has 1 heterocycles. The third-order valence-electron chi connectivity index (χ3n) is 2.77. The second kappa shape index (κ2) is 7.28. The highest BCUT2D eigenvalue weighted by atomic mass is 32.1. The second-order valence-electron chi connectivity index (χ2n) is 4.41. The Bertz CT molecular complexity index is 644. The molecule has 22 heavy (non-hydrogen) atoms. The predicted molar refractivity (Wildman–Crippen MR) is 81.2 cm³/mol. The number of amides is 1.